The van der Waals surface area contributed by atoms with Crippen LogP contribution in [0.1, 0.15) is 35.2 Å². The number of halogens is 2. The molecule has 10 heteroatoms. The fraction of sp³-hybridized carbons (Fsp3) is 0.348. The number of benzene rings is 2. The molecule has 8 nitrogen and oxygen atoms in total. The third-order valence-corrected chi connectivity index (χ3v) is 5.44. The number of hydrogen-bond donors (Lipinski definition) is 2. The number of carbonyl (C=O) groups excluding carboxylic acids is 2. The summed E-state index contributed by atoms with van der Waals surface area (Å²) in [5.74, 6) is -0.701. The van der Waals surface area contributed by atoms with Crippen LogP contribution in [-0.4, -0.2) is 52.8 Å². The van der Waals surface area contributed by atoms with E-state index in [1.807, 2.05) is 12.1 Å². The van der Waals surface area contributed by atoms with Gasteiger partial charge in [0, 0.05) is 36.5 Å². The summed E-state index contributed by atoms with van der Waals surface area (Å²) in [6.45, 7) is 1.60. The van der Waals surface area contributed by atoms with Gasteiger partial charge in [0.05, 0.1) is 30.7 Å². The number of aromatic nitrogens is 2. The second kappa shape index (κ2) is 10.1. The summed E-state index contributed by atoms with van der Waals surface area (Å²) in [5, 5.41) is 9.29. The minimum Gasteiger partial charge on any atom is -0.396 e. The van der Waals surface area contributed by atoms with Gasteiger partial charge in [0.15, 0.2) is 0 Å². The Bertz CT molecular complexity index is 1230. The van der Waals surface area contributed by atoms with Crippen LogP contribution in [-0.2, 0) is 16.1 Å². The number of anilines is 1. The number of aliphatic hydroxyl groups is 1. The molecule has 2 N–H and O–H groups in total. The van der Waals surface area contributed by atoms with Gasteiger partial charge in [-0.3, -0.25) is 9.59 Å². The Morgan fingerprint density at radius 2 is 2.06 bits per heavy atom. The number of imidazole rings is 1. The van der Waals surface area contributed by atoms with Crippen LogP contribution in [0.25, 0.3) is 11.0 Å². The SMILES string of the molecule is O=C(/N=c1\[nH]c2cc(N3CCOCCC3=O)ccc2n1CCCO)c1cccc(C(F)F)c1. The Morgan fingerprint density at radius 1 is 1.21 bits per heavy atom. The number of nitrogens with zero attached hydrogens (tertiary/aromatic N) is 3. The van der Waals surface area contributed by atoms with Crippen molar-refractivity contribution in [3.8, 4) is 0 Å². The highest BCUT2D eigenvalue weighted by Gasteiger charge is 2.20. The van der Waals surface area contributed by atoms with Gasteiger partial charge in [0.25, 0.3) is 12.3 Å². The molecule has 1 aliphatic rings. The monoisotopic (exact) mass is 458 g/mol. The van der Waals surface area contributed by atoms with E-state index in [9.17, 15) is 23.5 Å². The van der Waals surface area contributed by atoms with Gasteiger partial charge >= 0.3 is 0 Å². The van der Waals surface area contributed by atoms with E-state index in [1.54, 1.807) is 15.5 Å². The lowest BCUT2D eigenvalue weighted by Gasteiger charge is -2.20. The molecule has 0 unspecified atom stereocenters. The van der Waals surface area contributed by atoms with Crippen LogP contribution in [0.5, 0.6) is 0 Å². The molecule has 1 aromatic heterocycles. The average molecular weight is 458 g/mol. The highest BCUT2D eigenvalue weighted by atomic mass is 19.3. The summed E-state index contributed by atoms with van der Waals surface area (Å²) in [6.07, 6.45) is -1.96. The number of ether oxygens (including phenoxy) is 1. The van der Waals surface area contributed by atoms with Gasteiger partial charge in [-0.15, -0.1) is 0 Å². The number of rotatable bonds is 6. The number of H-pyrrole nitrogens is 1. The first-order valence-electron chi connectivity index (χ1n) is 10.7. The van der Waals surface area contributed by atoms with Gasteiger partial charge < -0.3 is 24.3 Å². The molecule has 1 fully saturated rings. The van der Waals surface area contributed by atoms with Crippen molar-refractivity contribution in [3.05, 3.63) is 59.2 Å². The Hall–Kier alpha value is -3.37. The summed E-state index contributed by atoms with van der Waals surface area (Å²) in [4.78, 5) is 34.0. The van der Waals surface area contributed by atoms with Crippen LogP contribution in [0, 0.1) is 0 Å². The zero-order valence-electron chi connectivity index (χ0n) is 17.8. The predicted octanol–water partition coefficient (Wildman–Crippen LogP) is 2.78. The second-order valence-corrected chi connectivity index (χ2v) is 7.63. The van der Waals surface area contributed by atoms with Crippen molar-refractivity contribution in [3.63, 3.8) is 0 Å². The Labute approximate surface area is 188 Å². The van der Waals surface area contributed by atoms with Crippen LogP contribution in [0.4, 0.5) is 14.5 Å². The molecule has 0 spiro atoms. The number of aryl methyl sites for hydroxylation is 1. The molecule has 3 aromatic rings. The normalized spacial score (nSPS) is 15.5. The largest absolute Gasteiger partial charge is 0.396 e. The average Bonchev–Trinajstić information content (AvgIpc) is 2.99. The maximum absolute atomic E-state index is 13.0. The molecular formula is C23H24F2N4O4. The predicted molar refractivity (Wildman–Crippen MR) is 117 cm³/mol. The first-order chi connectivity index (χ1) is 16.0. The van der Waals surface area contributed by atoms with Gasteiger partial charge in [0.2, 0.25) is 11.5 Å². The molecule has 0 aliphatic carbocycles. The van der Waals surface area contributed by atoms with Crippen molar-refractivity contribution in [1.29, 1.82) is 0 Å². The smallest absolute Gasteiger partial charge is 0.280 e. The number of nitrogens with one attached hydrogen (secondary N) is 1. The van der Waals surface area contributed by atoms with E-state index in [0.717, 1.165) is 11.6 Å². The van der Waals surface area contributed by atoms with Crippen LogP contribution < -0.4 is 10.5 Å². The van der Waals surface area contributed by atoms with Crippen molar-refractivity contribution in [2.45, 2.75) is 25.8 Å². The van der Waals surface area contributed by atoms with Gasteiger partial charge in [-0.2, -0.15) is 4.99 Å². The minimum absolute atomic E-state index is 0.0365. The zero-order chi connectivity index (χ0) is 23.4. The second-order valence-electron chi connectivity index (χ2n) is 7.63. The van der Waals surface area contributed by atoms with E-state index < -0.39 is 12.3 Å². The number of alkyl halides is 2. The molecule has 0 radical (unpaired) electrons. The van der Waals surface area contributed by atoms with E-state index in [0.29, 0.717) is 50.3 Å². The molecule has 2 aromatic carbocycles. The summed E-state index contributed by atoms with van der Waals surface area (Å²) in [7, 11) is 0. The van der Waals surface area contributed by atoms with Crippen LogP contribution >= 0.6 is 0 Å². The van der Waals surface area contributed by atoms with Gasteiger partial charge in [-0.25, -0.2) is 8.78 Å². The van der Waals surface area contributed by atoms with Crippen molar-refractivity contribution in [2.75, 3.05) is 31.3 Å². The molecule has 0 bridgehead atoms. The summed E-state index contributed by atoms with van der Waals surface area (Å²) >= 11 is 0. The molecule has 33 heavy (non-hydrogen) atoms. The van der Waals surface area contributed by atoms with E-state index in [2.05, 4.69) is 9.98 Å². The fourth-order valence-electron chi connectivity index (χ4n) is 3.79. The van der Waals surface area contributed by atoms with E-state index in [4.69, 9.17) is 4.74 Å². The lowest BCUT2D eigenvalue weighted by atomic mass is 10.1. The van der Waals surface area contributed by atoms with Gasteiger partial charge in [-0.05, 0) is 36.8 Å². The molecule has 174 valence electrons. The minimum atomic E-state index is -2.69. The van der Waals surface area contributed by atoms with Crippen molar-refractivity contribution in [2.24, 2.45) is 4.99 Å². The highest BCUT2D eigenvalue weighted by Crippen LogP contribution is 2.23. The number of aromatic amines is 1. The van der Waals surface area contributed by atoms with Crippen LogP contribution in [0.3, 0.4) is 0 Å². The van der Waals surface area contributed by atoms with E-state index >= 15 is 0 Å². The highest BCUT2D eigenvalue weighted by molar-refractivity contribution is 5.96. The Kier molecular flexibility index (Phi) is 6.95. The summed E-state index contributed by atoms with van der Waals surface area (Å²) in [5.41, 5.74) is 2.10. The molecule has 0 saturated carbocycles. The number of hydrogen-bond acceptors (Lipinski definition) is 4. The molecule has 1 saturated heterocycles. The number of fused-ring (bicyclic) bond motifs is 1. The zero-order valence-corrected chi connectivity index (χ0v) is 17.8. The molecule has 0 atom stereocenters. The molecule has 4 rings (SSSR count). The van der Waals surface area contributed by atoms with Crippen LogP contribution in [0.2, 0.25) is 0 Å². The lowest BCUT2D eigenvalue weighted by molar-refractivity contribution is -0.118. The maximum Gasteiger partial charge on any atom is 0.280 e. The lowest BCUT2D eigenvalue weighted by Crippen LogP contribution is -2.31. The first-order valence-corrected chi connectivity index (χ1v) is 10.7. The number of amides is 2. The molecule has 2 amide bonds. The quantitative estimate of drug-likeness (QED) is 0.593. The van der Waals surface area contributed by atoms with E-state index in [1.165, 1.54) is 18.2 Å². The van der Waals surface area contributed by atoms with E-state index in [-0.39, 0.29) is 29.3 Å². The Balaban J connectivity index is 1.75. The van der Waals surface area contributed by atoms with Gasteiger partial charge in [-0.1, -0.05) is 12.1 Å². The standard InChI is InChI=1S/C23H24F2N4O4/c24-21(25)15-3-1-4-16(13-15)22(32)27-23-26-18-14-17(28-9-12-33-11-7-20(28)31)5-6-19(18)29(23)8-2-10-30/h1,3-6,13-14,21,30H,2,7-12H2,(H,26,27,32). The molecular weight excluding hydrogens is 434 g/mol. The third kappa shape index (κ3) is 5.01. The summed E-state index contributed by atoms with van der Waals surface area (Å²) in [6, 6.07) is 10.6. The topological polar surface area (TPSA) is 99.9 Å². The third-order valence-electron chi connectivity index (χ3n) is 5.44. The fourth-order valence-corrected chi connectivity index (χ4v) is 3.79. The first kappa shape index (κ1) is 22.8. The van der Waals surface area contributed by atoms with Crippen LogP contribution in [0.15, 0.2) is 47.5 Å². The van der Waals surface area contributed by atoms with Crippen molar-refractivity contribution >= 4 is 28.5 Å². The van der Waals surface area contributed by atoms with Crippen molar-refractivity contribution in [1.82, 2.24) is 9.55 Å². The Morgan fingerprint density at radius 3 is 2.85 bits per heavy atom. The molecule has 2 heterocycles. The molecule has 1 aliphatic heterocycles. The number of aliphatic hydroxyl groups excluding tert-OH is 1. The number of carbonyl (C=O) groups is 2. The van der Waals surface area contributed by atoms with Gasteiger partial charge in [0.1, 0.15) is 0 Å². The van der Waals surface area contributed by atoms with Crippen molar-refractivity contribution < 1.29 is 28.2 Å². The maximum atomic E-state index is 13.0. The summed E-state index contributed by atoms with van der Waals surface area (Å²) < 4.78 is 33.2.